The number of nitrogens with zero attached hydrogens (tertiary/aromatic N) is 1. The summed E-state index contributed by atoms with van der Waals surface area (Å²) in [5.74, 6) is 0. The molecule has 0 N–H and O–H groups in total. The van der Waals surface area contributed by atoms with Crippen LogP contribution >= 0.6 is 34.4 Å². The van der Waals surface area contributed by atoms with Gasteiger partial charge in [0.2, 0.25) is 0 Å². The van der Waals surface area contributed by atoms with Crippen molar-refractivity contribution in [1.29, 1.82) is 0 Å². The first-order chi connectivity index (χ1) is 7.00. The van der Waals surface area contributed by atoms with Crippen molar-refractivity contribution < 1.29 is 0 Å². The summed E-state index contributed by atoms with van der Waals surface area (Å²) in [5, 5.41) is 0. The molecule has 0 aromatic rings. The Balaban J connectivity index is 0. The molecule has 92 valence electrons. The van der Waals surface area contributed by atoms with Crippen molar-refractivity contribution in [3.63, 3.8) is 0 Å². The SMILES string of the molecule is CCCCCCCCN(C)C.ClB(Cl)Cl. The van der Waals surface area contributed by atoms with Gasteiger partial charge >= 0.3 is 4.96 Å². The summed E-state index contributed by atoms with van der Waals surface area (Å²) in [4.78, 5) is 1.51. The third-order valence-corrected chi connectivity index (χ3v) is 1.96. The van der Waals surface area contributed by atoms with E-state index in [1.54, 1.807) is 0 Å². The predicted molar refractivity (Wildman–Crippen MR) is 75.2 cm³/mol. The van der Waals surface area contributed by atoms with Crippen LogP contribution in [-0.4, -0.2) is 30.5 Å². The maximum atomic E-state index is 4.81. The number of hydrogen-bond acceptors (Lipinski definition) is 1. The lowest BCUT2D eigenvalue weighted by atomic mass is 10.1. The van der Waals surface area contributed by atoms with E-state index in [9.17, 15) is 0 Å². The minimum absolute atomic E-state index is 0.750. The van der Waals surface area contributed by atoms with Gasteiger partial charge in [0.1, 0.15) is 0 Å². The Bertz CT molecular complexity index is 110. The predicted octanol–water partition coefficient (Wildman–Crippen LogP) is 4.60. The summed E-state index contributed by atoms with van der Waals surface area (Å²) in [5.41, 5.74) is 0. The van der Waals surface area contributed by atoms with Gasteiger partial charge in [-0.3, -0.25) is 0 Å². The van der Waals surface area contributed by atoms with Gasteiger partial charge in [-0.05, 0) is 27.1 Å². The summed E-state index contributed by atoms with van der Waals surface area (Å²) in [6.07, 6.45) is 8.43. The largest absolute Gasteiger partial charge is 0.450 e. The molecule has 0 spiro atoms. The summed E-state index contributed by atoms with van der Waals surface area (Å²) in [7, 11) is 4.29. The standard InChI is InChI=1S/C10H23N.BCl3/c1-4-5-6-7-8-9-10-11(2)3;2-1(3)4/h4-10H2,1-3H3;. The van der Waals surface area contributed by atoms with Gasteiger partial charge < -0.3 is 4.90 Å². The van der Waals surface area contributed by atoms with Crippen LogP contribution in [0.15, 0.2) is 0 Å². The smallest absolute Gasteiger partial charge is 0.309 e. The molecule has 0 atom stereocenters. The van der Waals surface area contributed by atoms with Gasteiger partial charge in [-0.1, -0.05) is 39.0 Å². The molecule has 0 heterocycles. The second kappa shape index (κ2) is 14.9. The van der Waals surface area contributed by atoms with Gasteiger partial charge in [0.25, 0.3) is 0 Å². The Hall–Kier alpha value is 0.895. The molecule has 0 saturated heterocycles. The minimum atomic E-state index is -0.750. The van der Waals surface area contributed by atoms with E-state index < -0.39 is 4.96 Å². The van der Waals surface area contributed by atoms with E-state index in [0.717, 1.165) is 0 Å². The van der Waals surface area contributed by atoms with E-state index >= 15 is 0 Å². The molecule has 0 amide bonds. The molecule has 0 aromatic carbocycles. The van der Waals surface area contributed by atoms with Crippen molar-refractivity contribution in [3.05, 3.63) is 0 Å². The van der Waals surface area contributed by atoms with Gasteiger partial charge in [0.05, 0.1) is 0 Å². The number of hydrogen-bond donors (Lipinski definition) is 0. The van der Waals surface area contributed by atoms with Crippen molar-refractivity contribution in [1.82, 2.24) is 4.90 Å². The molecule has 0 aliphatic rings. The lowest BCUT2D eigenvalue weighted by Gasteiger charge is -2.08. The molecule has 0 aliphatic heterocycles. The van der Waals surface area contributed by atoms with E-state index in [1.165, 1.54) is 45.1 Å². The van der Waals surface area contributed by atoms with Crippen molar-refractivity contribution in [3.8, 4) is 0 Å². The van der Waals surface area contributed by atoms with Gasteiger partial charge in [0.15, 0.2) is 0 Å². The van der Waals surface area contributed by atoms with E-state index in [2.05, 4.69) is 25.9 Å². The Kier molecular flexibility index (Phi) is 18.1. The lowest BCUT2D eigenvalue weighted by Crippen LogP contribution is -2.12. The molecule has 0 aliphatic carbocycles. The quantitative estimate of drug-likeness (QED) is 0.484. The Morgan fingerprint density at radius 3 is 1.67 bits per heavy atom. The fraction of sp³-hybridized carbons (Fsp3) is 1.00. The third-order valence-electron chi connectivity index (χ3n) is 1.96. The molecule has 0 bridgehead atoms. The maximum Gasteiger partial charge on any atom is 0.450 e. The number of halogens is 3. The average molecular weight is 274 g/mol. The highest BCUT2D eigenvalue weighted by Gasteiger charge is 1.91. The zero-order valence-electron chi connectivity index (χ0n) is 10.1. The highest BCUT2D eigenvalue weighted by atomic mass is 35.6. The summed E-state index contributed by atoms with van der Waals surface area (Å²) in [6, 6.07) is 0. The fourth-order valence-corrected chi connectivity index (χ4v) is 1.21. The van der Waals surface area contributed by atoms with Crippen LogP contribution in [0.3, 0.4) is 0 Å². The summed E-state index contributed by atoms with van der Waals surface area (Å²) < 4.78 is 0. The lowest BCUT2D eigenvalue weighted by molar-refractivity contribution is 0.389. The van der Waals surface area contributed by atoms with Crippen LogP contribution in [-0.2, 0) is 0 Å². The van der Waals surface area contributed by atoms with Crippen molar-refractivity contribution >= 4 is 39.3 Å². The van der Waals surface area contributed by atoms with Crippen LogP contribution in [0, 0.1) is 0 Å². The zero-order chi connectivity index (χ0) is 12.1. The van der Waals surface area contributed by atoms with Gasteiger partial charge in [0, 0.05) is 0 Å². The van der Waals surface area contributed by atoms with E-state index in [1.807, 2.05) is 0 Å². The molecule has 1 nitrogen and oxygen atoms in total. The van der Waals surface area contributed by atoms with Gasteiger partial charge in [-0.2, -0.15) is 34.4 Å². The third kappa shape index (κ3) is 31.3. The second-order valence-corrected chi connectivity index (χ2v) is 5.80. The first-order valence-corrected chi connectivity index (χ1v) is 6.88. The Morgan fingerprint density at radius 2 is 1.27 bits per heavy atom. The zero-order valence-corrected chi connectivity index (χ0v) is 12.4. The molecule has 0 saturated carbocycles. The van der Waals surface area contributed by atoms with Gasteiger partial charge in [-0.25, -0.2) is 0 Å². The van der Waals surface area contributed by atoms with Crippen LogP contribution in [0.5, 0.6) is 0 Å². The molecule has 0 fully saturated rings. The van der Waals surface area contributed by atoms with Crippen molar-refractivity contribution in [2.75, 3.05) is 20.6 Å². The molecule has 0 radical (unpaired) electrons. The molecular weight excluding hydrogens is 251 g/mol. The number of unbranched alkanes of at least 4 members (excludes halogenated alkanes) is 5. The first-order valence-electron chi connectivity index (χ1n) is 5.57. The summed E-state index contributed by atoms with van der Waals surface area (Å²) >= 11 is 14.4. The molecule has 0 rings (SSSR count). The van der Waals surface area contributed by atoms with Crippen molar-refractivity contribution in [2.24, 2.45) is 0 Å². The molecular formula is C10H23BCl3N. The highest BCUT2D eigenvalue weighted by Crippen LogP contribution is 2.04. The van der Waals surface area contributed by atoms with E-state index in [4.69, 9.17) is 34.4 Å². The number of rotatable bonds is 7. The highest BCUT2D eigenvalue weighted by molar-refractivity contribution is 7.54. The monoisotopic (exact) mass is 273 g/mol. The molecule has 15 heavy (non-hydrogen) atoms. The normalized spacial score (nSPS) is 9.80. The minimum Gasteiger partial charge on any atom is -0.309 e. The maximum absolute atomic E-state index is 4.81. The Labute approximate surface area is 110 Å². The molecule has 5 heteroatoms. The average Bonchev–Trinajstić information content (AvgIpc) is 2.09. The first kappa shape index (κ1) is 18.3. The van der Waals surface area contributed by atoms with E-state index in [0.29, 0.717) is 0 Å². The van der Waals surface area contributed by atoms with Crippen LogP contribution in [0.4, 0.5) is 0 Å². The van der Waals surface area contributed by atoms with Crippen molar-refractivity contribution in [2.45, 2.75) is 45.4 Å². The van der Waals surface area contributed by atoms with E-state index in [-0.39, 0.29) is 0 Å². The molecule has 0 aromatic heterocycles. The summed E-state index contributed by atoms with van der Waals surface area (Å²) in [6.45, 7) is 3.52. The fourth-order valence-electron chi connectivity index (χ4n) is 1.21. The Morgan fingerprint density at radius 1 is 0.867 bits per heavy atom. The van der Waals surface area contributed by atoms with Gasteiger partial charge in [-0.15, -0.1) is 0 Å². The molecule has 0 unspecified atom stereocenters. The van der Waals surface area contributed by atoms with Crippen LogP contribution in [0.25, 0.3) is 0 Å². The van der Waals surface area contributed by atoms with Crippen LogP contribution < -0.4 is 0 Å². The topological polar surface area (TPSA) is 3.24 Å². The van der Waals surface area contributed by atoms with Crippen LogP contribution in [0.2, 0.25) is 0 Å². The van der Waals surface area contributed by atoms with Crippen LogP contribution in [0.1, 0.15) is 45.4 Å². The second-order valence-electron chi connectivity index (χ2n) is 3.82.